The monoisotopic (exact) mass is 384 g/mol. The Morgan fingerprint density at radius 1 is 1.22 bits per heavy atom. The number of ether oxygens (including phenoxy) is 1. The summed E-state index contributed by atoms with van der Waals surface area (Å²) in [4.78, 5) is 24.8. The Bertz CT molecular complexity index is 1020. The summed E-state index contributed by atoms with van der Waals surface area (Å²) >= 11 is 1.19. The molecule has 2 aromatic carbocycles. The molecular formula is C21H24N2O3S. The number of amides is 1. The molecule has 1 aromatic heterocycles. The minimum atomic E-state index is -0.582. The van der Waals surface area contributed by atoms with E-state index in [1.165, 1.54) is 11.3 Å². The number of benzene rings is 2. The van der Waals surface area contributed by atoms with Crippen LogP contribution in [0.2, 0.25) is 0 Å². The molecule has 0 aliphatic heterocycles. The molecule has 1 N–H and O–H groups in total. The molecule has 0 spiro atoms. The second-order valence-electron chi connectivity index (χ2n) is 6.83. The number of hydrogen-bond donors (Lipinski definition) is 1. The van der Waals surface area contributed by atoms with Gasteiger partial charge in [0.05, 0.1) is 10.2 Å². The molecule has 5 nitrogen and oxygen atoms in total. The van der Waals surface area contributed by atoms with Crippen LogP contribution in [0.25, 0.3) is 10.2 Å². The SMILES string of the molecule is CC[C@H](Oc1cccc(C)c1)C(=O)Nc1ccc2c(c1)sc(=O)n2C(C)C. The highest BCUT2D eigenvalue weighted by Crippen LogP contribution is 2.24. The number of fused-ring (bicyclic) bond motifs is 1. The highest BCUT2D eigenvalue weighted by atomic mass is 32.1. The molecule has 0 fully saturated rings. The zero-order valence-corrected chi connectivity index (χ0v) is 16.8. The molecule has 3 aromatic rings. The van der Waals surface area contributed by atoms with E-state index in [-0.39, 0.29) is 16.8 Å². The summed E-state index contributed by atoms with van der Waals surface area (Å²) in [6, 6.07) is 13.3. The normalized spacial score (nSPS) is 12.3. The van der Waals surface area contributed by atoms with Gasteiger partial charge in [-0.05, 0) is 63.1 Å². The van der Waals surface area contributed by atoms with Gasteiger partial charge in [0.15, 0.2) is 6.10 Å². The van der Waals surface area contributed by atoms with Crippen molar-refractivity contribution in [2.24, 2.45) is 0 Å². The third-order valence-electron chi connectivity index (χ3n) is 4.33. The maximum Gasteiger partial charge on any atom is 0.308 e. The summed E-state index contributed by atoms with van der Waals surface area (Å²) in [5, 5.41) is 2.91. The maximum absolute atomic E-state index is 12.6. The standard InChI is InChI=1S/C21H24N2O3S/c1-5-18(26-16-8-6-7-14(4)11-16)20(24)22-15-9-10-17-19(12-15)27-21(25)23(17)13(2)3/h6-13,18H,5H2,1-4H3,(H,22,24)/t18-/m0/s1. The number of anilines is 1. The third-order valence-corrected chi connectivity index (χ3v) is 5.25. The van der Waals surface area contributed by atoms with Crippen LogP contribution in [-0.4, -0.2) is 16.6 Å². The molecule has 0 saturated carbocycles. The lowest BCUT2D eigenvalue weighted by Crippen LogP contribution is -2.32. The highest BCUT2D eigenvalue weighted by Gasteiger charge is 2.19. The number of nitrogens with zero attached hydrogens (tertiary/aromatic N) is 1. The quantitative estimate of drug-likeness (QED) is 0.667. The van der Waals surface area contributed by atoms with Crippen molar-refractivity contribution in [3.8, 4) is 5.75 Å². The number of nitrogens with one attached hydrogen (secondary N) is 1. The Balaban J connectivity index is 1.78. The Hall–Kier alpha value is -2.60. The van der Waals surface area contributed by atoms with Gasteiger partial charge in [-0.15, -0.1) is 0 Å². The minimum absolute atomic E-state index is 0.0118. The van der Waals surface area contributed by atoms with Gasteiger partial charge in [0.25, 0.3) is 5.91 Å². The van der Waals surface area contributed by atoms with E-state index >= 15 is 0 Å². The van der Waals surface area contributed by atoms with Crippen molar-refractivity contribution in [2.75, 3.05) is 5.32 Å². The van der Waals surface area contributed by atoms with E-state index in [4.69, 9.17) is 4.74 Å². The summed E-state index contributed by atoms with van der Waals surface area (Å²) in [5.41, 5.74) is 2.63. The number of aryl methyl sites for hydroxylation is 1. The Morgan fingerprint density at radius 2 is 2.00 bits per heavy atom. The molecule has 27 heavy (non-hydrogen) atoms. The van der Waals surface area contributed by atoms with Gasteiger partial charge in [-0.25, -0.2) is 0 Å². The maximum atomic E-state index is 12.6. The van der Waals surface area contributed by atoms with Gasteiger partial charge in [-0.2, -0.15) is 0 Å². The van der Waals surface area contributed by atoms with Crippen LogP contribution in [0.15, 0.2) is 47.3 Å². The molecule has 6 heteroatoms. The van der Waals surface area contributed by atoms with Gasteiger partial charge in [-0.3, -0.25) is 14.2 Å². The topological polar surface area (TPSA) is 60.3 Å². The predicted molar refractivity (Wildman–Crippen MR) is 111 cm³/mol. The zero-order valence-electron chi connectivity index (χ0n) is 16.0. The first-order valence-electron chi connectivity index (χ1n) is 9.08. The summed E-state index contributed by atoms with van der Waals surface area (Å²) in [6.45, 7) is 7.87. The van der Waals surface area contributed by atoms with Gasteiger partial charge in [-0.1, -0.05) is 30.4 Å². The first kappa shape index (κ1) is 19.2. The second-order valence-corrected chi connectivity index (χ2v) is 7.83. The van der Waals surface area contributed by atoms with Crippen molar-refractivity contribution in [3.05, 3.63) is 57.7 Å². The zero-order chi connectivity index (χ0) is 19.6. The molecule has 0 bridgehead atoms. The molecule has 0 unspecified atom stereocenters. The lowest BCUT2D eigenvalue weighted by Gasteiger charge is -2.17. The number of carbonyl (C=O) groups excluding carboxylic acids is 1. The molecule has 0 aliphatic rings. The van der Waals surface area contributed by atoms with Crippen LogP contribution in [-0.2, 0) is 4.79 Å². The van der Waals surface area contributed by atoms with E-state index in [0.29, 0.717) is 17.9 Å². The Kier molecular flexibility index (Phi) is 5.65. The van der Waals surface area contributed by atoms with E-state index in [2.05, 4.69) is 5.32 Å². The smallest absolute Gasteiger partial charge is 0.308 e. The number of rotatable bonds is 6. The number of carbonyl (C=O) groups is 1. The first-order valence-corrected chi connectivity index (χ1v) is 9.90. The predicted octanol–water partition coefficient (Wildman–Crippen LogP) is 4.75. The van der Waals surface area contributed by atoms with Gasteiger partial charge in [0.2, 0.25) is 0 Å². The van der Waals surface area contributed by atoms with Crippen molar-refractivity contribution in [2.45, 2.75) is 46.3 Å². The van der Waals surface area contributed by atoms with E-state index in [9.17, 15) is 9.59 Å². The molecular weight excluding hydrogens is 360 g/mol. The molecule has 1 atom stereocenters. The van der Waals surface area contributed by atoms with E-state index in [0.717, 1.165) is 15.8 Å². The van der Waals surface area contributed by atoms with Crippen molar-refractivity contribution >= 4 is 33.1 Å². The molecule has 3 rings (SSSR count). The van der Waals surface area contributed by atoms with Crippen LogP contribution in [0.5, 0.6) is 5.75 Å². The van der Waals surface area contributed by atoms with Crippen LogP contribution in [0.3, 0.4) is 0 Å². The van der Waals surface area contributed by atoms with Gasteiger partial charge >= 0.3 is 4.87 Å². The summed E-state index contributed by atoms with van der Waals surface area (Å²) in [5.74, 6) is 0.480. The van der Waals surface area contributed by atoms with E-state index in [1.807, 2.05) is 70.2 Å². The van der Waals surface area contributed by atoms with Gasteiger partial charge < -0.3 is 10.1 Å². The fraction of sp³-hybridized carbons (Fsp3) is 0.333. The summed E-state index contributed by atoms with van der Waals surface area (Å²) in [7, 11) is 0. The average molecular weight is 385 g/mol. The van der Waals surface area contributed by atoms with Crippen molar-refractivity contribution < 1.29 is 9.53 Å². The fourth-order valence-electron chi connectivity index (χ4n) is 3.00. The molecule has 142 valence electrons. The minimum Gasteiger partial charge on any atom is -0.481 e. The van der Waals surface area contributed by atoms with E-state index in [1.54, 1.807) is 4.57 Å². The summed E-state index contributed by atoms with van der Waals surface area (Å²) in [6.07, 6.45) is -0.0273. The lowest BCUT2D eigenvalue weighted by molar-refractivity contribution is -0.122. The van der Waals surface area contributed by atoms with Crippen LogP contribution in [0.1, 0.15) is 38.8 Å². The Labute approximate surface area is 162 Å². The first-order chi connectivity index (χ1) is 12.9. The average Bonchev–Trinajstić information content (AvgIpc) is 2.94. The van der Waals surface area contributed by atoms with Crippen LogP contribution in [0, 0.1) is 6.92 Å². The molecule has 1 heterocycles. The van der Waals surface area contributed by atoms with Crippen molar-refractivity contribution in [1.82, 2.24) is 4.57 Å². The molecule has 0 aliphatic carbocycles. The van der Waals surface area contributed by atoms with Crippen LogP contribution in [0.4, 0.5) is 5.69 Å². The highest BCUT2D eigenvalue weighted by molar-refractivity contribution is 7.16. The lowest BCUT2D eigenvalue weighted by atomic mass is 10.2. The largest absolute Gasteiger partial charge is 0.481 e. The van der Waals surface area contributed by atoms with Crippen molar-refractivity contribution in [1.29, 1.82) is 0 Å². The fourth-order valence-corrected chi connectivity index (χ4v) is 4.05. The third kappa shape index (κ3) is 4.22. The van der Waals surface area contributed by atoms with Gasteiger partial charge in [0, 0.05) is 11.7 Å². The molecule has 1 amide bonds. The van der Waals surface area contributed by atoms with Crippen LogP contribution >= 0.6 is 11.3 Å². The van der Waals surface area contributed by atoms with Crippen molar-refractivity contribution in [3.63, 3.8) is 0 Å². The summed E-state index contributed by atoms with van der Waals surface area (Å²) < 4.78 is 8.48. The number of hydrogen-bond acceptors (Lipinski definition) is 4. The van der Waals surface area contributed by atoms with E-state index < -0.39 is 6.10 Å². The van der Waals surface area contributed by atoms with Gasteiger partial charge in [0.1, 0.15) is 5.75 Å². The molecule has 0 radical (unpaired) electrons. The Morgan fingerprint density at radius 3 is 2.67 bits per heavy atom. The number of aromatic nitrogens is 1. The second kappa shape index (κ2) is 7.96. The van der Waals surface area contributed by atoms with Crippen LogP contribution < -0.4 is 14.9 Å². The number of thiazole rings is 1. The molecule has 0 saturated heterocycles.